The Morgan fingerprint density at radius 1 is 1.89 bits per heavy atom. The van der Waals surface area contributed by atoms with E-state index in [1.54, 1.807) is 19.2 Å². The van der Waals surface area contributed by atoms with Crippen molar-refractivity contribution in [3.63, 3.8) is 0 Å². The van der Waals surface area contributed by atoms with Crippen LogP contribution in [-0.2, 0) is 0 Å². The van der Waals surface area contributed by atoms with Gasteiger partial charge in [0, 0.05) is 6.20 Å². The van der Waals surface area contributed by atoms with Crippen LogP contribution in [0, 0.1) is 0 Å². The van der Waals surface area contributed by atoms with E-state index in [0.717, 1.165) is 0 Å². The summed E-state index contributed by atoms with van der Waals surface area (Å²) in [6.45, 7) is 1.68. The smallest absolute Gasteiger partial charge is 0.109 e. The fourth-order valence-corrected chi connectivity index (χ4v) is 0.513. The average Bonchev–Trinajstić information content (AvgIpc) is 2.37. The summed E-state index contributed by atoms with van der Waals surface area (Å²) in [5, 5.41) is 17.6. The first-order chi connectivity index (χ1) is 4.34. The SMILES string of the molecule is CC(=NO)c1cc[nH]n1. The molecule has 0 aliphatic heterocycles. The summed E-state index contributed by atoms with van der Waals surface area (Å²) in [4.78, 5) is 0. The van der Waals surface area contributed by atoms with Crippen molar-refractivity contribution in [2.24, 2.45) is 5.16 Å². The number of H-pyrrole nitrogens is 1. The van der Waals surface area contributed by atoms with Crippen LogP contribution in [0.1, 0.15) is 12.6 Å². The van der Waals surface area contributed by atoms with E-state index in [1.807, 2.05) is 0 Å². The minimum absolute atomic E-state index is 0.510. The molecule has 0 bridgehead atoms. The molecule has 1 aromatic heterocycles. The van der Waals surface area contributed by atoms with E-state index in [0.29, 0.717) is 11.4 Å². The van der Waals surface area contributed by atoms with Gasteiger partial charge in [0.2, 0.25) is 0 Å². The summed E-state index contributed by atoms with van der Waals surface area (Å²) in [7, 11) is 0. The molecule has 4 nitrogen and oxygen atoms in total. The molecule has 9 heavy (non-hydrogen) atoms. The molecule has 0 amide bonds. The van der Waals surface area contributed by atoms with Crippen molar-refractivity contribution in [1.82, 2.24) is 10.2 Å². The van der Waals surface area contributed by atoms with Gasteiger partial charge in [-0.3, -0.25) is 5.10 Å². The third-order valence-corrected chi connectivity index (χ3v) is 1.02. The van der Waals surface area contributed by atoms with Crippen molar-refractivity contribution >= 4 is 5.71 Å². The molecule has 0 saturated carbocycles. The van der Waals surface area contributed by atoms with Crippen molar-refractivity contribution in [2.75, 3.05) is 0 Å². The van der Waals surface area contributed by atoms with Gasteiger partial charge in [-0.25, -0.2) is 0 Å². The van der Waals surface area contributed by atoms with E-state index in [4.69, 9.17) is 5.21 Å². The minimum Gasteiger partial charge on any atom is -0.411 e. The number of hydrogen-bond acceptors (Lipinski definition) is 3. The summed E-state index contributed by atoms with van der Waals surface area (Å²) in [5.74, 6) is 0. The van der Waals surface area contributed by atoms with Gasteiger partial charge in [0.25, 0.3) is 0 Å². The molecule has 0 atom stereocenters. The molecule has 1 rings (SSSR count). The quantitative estimate of drug-likeness (QED) is 0.328. The van der Waals surface area contributed by atoms with Crippen molar-refractivity contribution in [1.29, 1.82) is 0 Å². The summed E-state index contributed by atoms with van der Waals surface area (Å²) in [6, 6.07) is 1.73. The highest BCUT2D eigenvalue weighted by Gasteiger charge is 1.96. The van der Waals surface area contributed by atoms with E-state index in [1.165, 1.54) is 0 Å². The second-order valence-electron chi connectivity index (χ2n) is 1.64. The topological polar surface area (TPSA) is 61.3 Å². The van der Waals surface area contributed by atoms with Gasteiger partial charge in [-0.05, 0) is 13.0 Å². The number of oxime groups is 1. The van der Waals surface area contributed by atoms with Crippen LogP contribution in [0.25, 0.3) is 0 Å². The average molecular weight is 125 g/mol. The first-order valence-electron chi connectivity index (χ1n) is 2.53. The van der Waals surface area contributed by atoms with Gasteiger partial charge in [-0.2, -0.15) is 5.10 Å². The van der Waals surface area contributed by atoms with Gasteiger partial charge < -0.3 is 5.21 Å². The van der Waals surface area contributed by atoms with E-state index in [9.17, 15) is 0 Å². The molecule has 0 saturated heterocycles. The molecule has 4 heteroatoms. The zero-order valence-corrected chi connectivity index (χ0v) is 5.00. The molecule has 1 aromatic rings. The normalized spacial score (nSPS) is 11.9. The van der Waals surface area contributed by atoms with Crippen LogP contribution in [-0.4, -0.2) is 21.1 Å². The Morgan fingerprint density at radius 3 is 3.11 bits per heavy atom. The van der Waals surface area contributed by atoms with Gasteiger partial charge in [0.15, 0.2) is 0 Å². The van der Waals surface area contributed by atoms with Crippen LogP contribution in [0.4, 0.5) is 0 Å². The van der Waals surface area contributed by atoms with Crippen molar-refractivity contribution in [3.05, 3.63) is 18.0 Å². The molecule has 48 valence electrons. The molecule has 0 spiro atoms. The number of nitrogens with one attached hydrogen (secondary N) is 1. The minimum atomic E-state index is 0.510. The van der Waals surface area contributed by atoms with E-state index < -0.39 is 0 Å². The number of nitrogens with zero attached hydrogens (tertiary/aromatic N) is 2. The zero-order chi connectivity index (χ0) is 6.69. The Balaban J connectivity index is 2.90. The molecule has 2 N–H and O–H groups in total. The lowest BCUT2D eigenvalue weighted by Gasteiger charge is -1.85. The Kier molecular flexibility index (Phi) is 1.48. The van der Waals surface area contributed by atoms with Gasteiger partial charge in [-0.1, -0.05) is 5.16 Å². The number of rotatable bonds is 1. The lowest BCUT2D eigenvalue weighted by Crippen LogP contribution is -1.93. The van der Waals surface area contributed by atoms with Crippen molar-refractivity contribution in [2.45, 2.75) is 6.92 Å². The maximum absolute atomic E-state index is 8.24. The molecule has 0 fully saturated rings. The second kappa shape index (κ2) is 2.30. The zero-order valence-electron chi connectivity index (χ0n) is 5.00. The largest absolute Gasteiger partial charge is 0.411 e. The number of aromatic amines is 1. The Labute approximate surface area is 52.2 Å². The molecule has 0 unspecified atom stereocenters. The van der Waals surface area contributed by atoms with Crippen LogP contribution in [0.15, 0.2) is 17.4 Å². The van der Waals surface area contributed by atoms with Crippen LogP contribution in [0.3, 0.4) is 0 Å². The molecular formula is C5H7N3O. The van der Waals surface area contributed by atoms with E-state index >= 15 is 0 Å². The van der Waals surface area contributed by atoms with Crippen LogP contribution < -0.4 is 0 Å². The maximum atomic E-state index is 8.24. The van der Waals surface area contributed by atoms with Gasteiger partial charge in [0.05, 0.1) is 0 Å². The highest BCUT2D eigenvalue weighted by Crippen LogP contribution is 1.92. The van der Waals surface area contributed by atoms with Crippen LogP contribution >= 0.6 is 0 Å². The molecule has 0 aromatic carbocycles. The predicted molar refractivity (Wildman–Crippen MR) is 32.6 cm³/mol. The Hall–Kier alpha value is -1.32. The fourth-order valence-electron chi connectivity index (χ4n) is 0.513. The van der Waals surface area contributed by atoms with Gasteiger partial charge >= 0.3 is 0 Å². The molecule has 0 radical (unpaired) electrons. The summed E-state index contributed by atoms with van der Waals surface area (Å²) in [5.41, 5.74) is 1.17. The van der Waals surface area contributed by atoms with E-state index in [-0.39, 0.29) is 0 Å². The van der Waals surface area contributed by atoms with Gasteiger partial charge in [-0.15, -0.1) is 0 Å². The summed E-state index contributed by atoms with van der Waals surface area (Å²) < 4.78 is 0. The first-order valence-corrected chi connectivity index (χ1v) is 2.53. The Morgan fingerprint density at radius 2 is 2.67 bits per heavy atom. The van der Waals surface area contributed by atoms with Crippen molar-refractivity contribution < 1.29 is 5.21 Å². The highest BCUT2D eigenvalue weighted by molar-refractivity contribution is 5.96. The predicted octanol–water partition coefficient (Wildman–Crippen LogP) is 0.608. The fraction of sp³-hybridized carbons (Fsp3) is 0.200. The summed E-state index contributed by atoms with van der Waals surface area (Å²) in [6.07, 6.45) is 1.67. The van der Waals surface area contributed by atoms with Crippen LogP contribution in [0.2, 0.25) is 0 Å². The van der Waals surface area contributed by atoms with Crippen LogP contribution in [0.5, 0.6) is 0 Å². The Bertz CT molecular complexity index is 202. The third-order valence-electron chi connectivity index (χ3n) is 1.02. The third kappa shape index (κ3) is 1.07. The van der Waals surface area contributed by atoms with Crippen molar-refractivity contribution in [3.8, 4) is 0 Å². The molecule has 0 aliphatic carbocycles. The number of aromatic nitrogens is 2. The molecule has 0 aliphatic rings. The standard InChI is InChI=1S/C5H7N3O/c1-4(8-9)5-2-3-6-7-5/h2-3,9H,1H3,(H,6,7). The lowest BCUT2D eigenvalue weighted by molar-refractivity contribution is 0.319. The first kappa shape index (κ1) is 5.81. The number of hydrogen-bond donors (Lipinski definition) is 2. The monoisotopic (exact) mass is 125 g/mol. The highest BCUT2D eigenvalue weighted by atomic mass is 16.4. The summed E-state index contributed by atoms with van der Waals surface area (Å²) >= 11 is 0. The maximum Gasteiger partial charge on any atom is 0.109 e. The van der Waals surface area contributed by atoms with Gasteiger partial charge in [0.1, 0.15) is 11.4 Å². The lowest BCUT2D eigenvalue weighted by atomic mass is 10.3. The molecular weight excluding hydrogens is 118 g/mol. The second-order valence-corrected chi connectivity index (χ2v) is 1.64. The molecule has 1 heterocycles. The van der Waals surface area contributed by atoms with E-state index in [2.05, 4.69) is 15.4 Å².